The Bertz CT molecular complexity index is 1610. The van der Waals surface area contributed by atoms with E-state index >= 15 is 0 Å². The molecule has 0 unspecified atom stereocenters. The Balaban J connectivity index is 1.43. The van der Waals surface area contributed by atoms with Gasteiger partial charge in [-0.05, 0) is 41.0 Å². The zero-order chi connectivity index (χ0) is 22.5. The van der Waals surface area contributed by atoms with Crippen molar-refractivity contribution in [3.05, 3.63) is 95.3 Å². The number of fused-ring (bicyclic) bond motifs is 6. The van der Waals surface area contributed by atoms with Crippen molar-refractivity contribution in [1.82, 2.24) is 0 Å². The van der Waals surface area contributed by atoms with Gasteiger partial charge in [0.15, 0.2) is 5.75 Å². The molecule has 0 amide bonds. The van der Waals surface area contributed by atoms with E-state index in [0.717, 1.165) is 23.7 Å². The first-order valence-electron chi connectivity index (χ1n) is 11.3. The average molecular weight is 450 g/mol. The van der Waals surface area contributed by atoms with Crippen molar-refractivity contribution in [3.63, 3.8) is 0 Å². The summed E-state index contributed by atoms with van der Waals surface area (Å²) in [5, 5.41) is 6.25. The van der Waals surface area contributed by atoms with E-state index in [4.69, 9.17) is 4.74 Å². The van der Waals surface area contributed by atoms with Crippen LogP contribution < -0.4 is 14.2 Å². The fourth-order valence-electron chi connectivity index (χ4n) is 4.73. The third-order valence-corrected chi connectivity index (χ3v) is 7.66. The van der Waals surface area contributed by atoms with Crippen LogP contribution in [0.2, 0.25) is 0 Å². The second-order valence-electron chi connectivity index (χ2n) is 8.48. The number of rotatable bonds is 3. The molecule has 0 fully saturated rings. The number of hydrogen-bond donors (Lipinski definition) is 0. The third-order valence-electron chi connectivity index (χ3n) is 6.51. The molecule has 4 heteroatoms. The van der Waals surface area contributed by atoms with Gasteiger partial charge in [0, 0.05) is 24.6 Å². The zero-order valence-electron chi connectivity index (χ0n) is 19.0. The normalized spacial score (nSPS) is 15.1. The molecule has 0 radical (unpaired) electrons. The number of allylic oxidation sites excluding steroid dienone is 2. The smallest absolute Gasteiger partial charge is 0.262 e. The lowest BCUT2D eigenvalue weighted by molar-refractivity contribution is -0.641. The molecule has 1 aliphatic rings. The minimum atomic E-state index is 0.865. The van der Waals surface area contributed by atoms with Crippen LogP contribution in [0.4, 0.5) is 5.69 Å². The number of aryl methyl sites for hydroxylation is 1. The Kier molecular flexibility index (Phi) is 4.70. The van der Waals surface area contributed by atoms with Gasteiger partial charge in [-0.1, -0.05) is 72.9 Å². The van der Waals surface area contributed by atoms with Gasteiger partial charge in [-0.2, -0.15) is 4.57 Å². The first-order chi connectivity index (χ1) is 16.1. The van der Waals surface area contributed by atoms with Crippen molar-refractivity contribution in [3.8, 4) is 5.75 Å². The minimum absolute atomic E-state index is 0.865. The number of thiazole rings is 1. The van der Waals surface area contributed by atoms with Gasteiger partial charge in [0.2, 0.25) is 11.4 Å². The summed E-state index contributed by atoms with van der Waals surface area (Å²) in [7, 11) is 4.25. The first kappa shape index (κ1) is 20.0. The molecule has 1 aliphatic heterocycles. The third kappa shape index (κ3) is 3.21. The summed E-state index contributed by atoms with van der Waals surface area (Å²) in [6.45, 7) is 2.20. The molecule has 5 aromatic rings. The molecule has 1 aromatic heterocycles. The minimum Gasteiger partial charge on any atom is -0.439 e. The molecule has 6 rings (SSSR count). The lowest BCUT2D eigenvalue weighted by Crippen LogP contribution is -2.29. The van der Waals surface area contributed by atoms with E-state index in [-0.39, 0.29) is 0 Å². The fourth-order valence-corrected chi connectivity index (χ4v) is 5.87. The number of nitrogens with zero attached hydrogens (tertiary/aromatic N) is 2. The van der Waals surface area contributed by atoms with Gasteiger partial charge < -0.3 is 9.64 Å². The van der Waals surface area contributed by atoms with E-state index in [9.17, 15) is 0 Å². The van der Waals surface area contributed by atoms with E-state index in [0.29, 0.717) is 0 Å². The summed E-state index contributed by atoms with van der Waals surface area (Å²) in [6, 6.07) is 25.7. The summed E-state index contributed by atoms with van der Waals surface area (Å²) in [5.74, 6) is 1.78. The second kappa shape index (κ2) is 7.75. The molecule has 0 aliphatic carbocycles. The molecule has 2 heterocycles. The van der Waals surface area contributed by atoms with Crippen LogP contribution >= 0.6 is 11.3 Å². The molecule has 0 saturated carbocycles. The van der Waals surface area contributed by atoms with Crippen molar-refractivity contribution < 1.29 is 9.30 Å². The number of aromatic nitrogens is 1. The summed E-state index contributed by atoms with van der Waals surface area (Å²) in [5.41, 5.74) is 3.66. The first-order valence-corrected chi connectivity index (χ1v) is 12.1. The van der Waals surface area contributed by atoms with Gasteiger partial charge in [0.1, 0.15) is 11.7 Å². The molecular weight excluding hydrogens is 424 g/mol. The van der Waals surface area contributed by atoms with Crippen molar-refractivity contribution in [1.29, 1.82) is 0 Å². The Morgan fingerprint density at radius 2 is 1.64 bits per heavy atom. The van der Waals surface area contributed by atoms with E-state index in [1.165, 1.54) is 42.3 Å². The molecule has 0 saturated heterocycles. The highest BCUT2D eigenvalue weighted by Crippen LogP contribution is 2.43. The monoisotopic (exact) mass is 449 g/mol. The van der Waals surface area contributed by atoms with Gasteiger partial charge in [-0.25, -0.2) is 0 Å². The van der Waals surface area contributed by atoms with Crippen LogP contribution in [-0.2, 0) is 7.05 Å². The zero-order valence-corrected chi connectivity index (χ0v) is 19.8. The number of ether oxygens (including phenoxy) is 1. The molecule has 4 aromatic carbocycles. The molecule has 0 atom stereocenters. The van der Waals surface area contributed by atoms with E-state index < -0.39 is 0 Å². The Hall–Kier alpha value is -3.63. The van der Waals surface area contributed by atoms with Crippen LogP contribution in [0, 0.1) is 0 Å². The maximum atomic E-state index is 6.29. The van der Waals surface area contributed by atoms with E-state index in [1.807, 2.05) is 11.3 Å². The van der Waals surface area contributed by atoms with Gasteiger partial charge in [0.25, 0.3) is 5.01 Å². The lowest BCUT2D eigenvalue weighted by atomic mass is 10.1. The SMILES string of the molecule is CCC(=Cc1sc2ccc3ccccc3c2[n+]1C)C=C1Oc2ccc3ccccc3c2N1C. The van der Waals surface area contributed by atoms with Gasteiger partial charge >= 0.3 is 0 Å². The summed E-state index contributed by atoms with van der Waals surface area (Å²) in [6.07, 6.45) is 5.40. The van der Waals surface area contributed by atoms with Gasteiger partial charge in [-0.15, -0.1) is 0 Å². The number of hydrogen-bond acceptors (Lipinski definition) is 3. The number of benzene rings is 4. The summed E-state index contributed by atoms with van der Waals surface area (Å²) >= 11 is 1.83. The highest BCUT2D eigenvalue weighted by molar-refractivity contribution is 7.19. The lowest BCUT2D eigenvalue weighted by Gasteiger charge is -2.13. The predicted octanol–water partition coefficient (Wildman–Crippen LogP) is 7.20. The van der Waals surface area contributed by atoms with Crippen molar-refractivity contribution in [2.75, 3.05) is 11.9 Å². The van der Waals surface area contributed by atoms with Crippen molar-refractivity contribution in [2.45, 2.75) is 13.3 Å². The molecule has 33 heavy (non-hydrogen) atoms. The molecule has 0 bridgehead atoms. The van der Waals surface area contributed by atoms with E-state index in [1.54, 1.807) is 0 Å². The molecular formula is C29H25N2OS+. The van der Waals surface area contributed by atoms with Gasteiger partial charge in [-0.3, -0.25) is 0 Å². The maximum Gasteiger partial charge on any atom is 0.262 e. The van der Waals surface area contributed by atoms with Crippen molar-refractivity contribution in [2.24, 2.45) is 7.05 Å². The predicted molar refractivity (Wildman–Crippen MR) is 140 cm³/mol. The van der Waals surface area contributed by atoms with Crippen LogP contribution in [0.15, 0.2) is 90.3 Å². The van der Waals surface area contributed by atoms with Crippen LogP contribution in [0.1, 0.15) is 18.4 Å². The Morgan fingerprint density at radius 1 is 0.939 bits per heavy atom. The second-order valence-corrected chi connectivity index (χ2v) is 9.54. The fraction of sp³-hybridized carbons (Fsp3) is 0.138. The Morgan fingerprint density at radius 3 is 2.42 bits per heavy atom. The van der Waals surface area contributed by atoms with E-state index in [2.05, 4.69) is 115 Å². The summed E-state index contributed by atoms with van der Waals surface area (Å²) < 4.78 is 9.91. The highest BCUT2D eigenvalue weighted by Gasteiger charge is 2.26. The molecule has 0 spiro atoms. The highest BCUT2D eigenvalue weighted by atomic mass is 32.1. The van der Waals surface area contributed by atoms with Crippen LogP contribution in [0.3, 0.4) is 0 Å². The summed E-state index contributed by atoms with van der Waals surface area (Å²) in [4.78, 5) is 2.17. The van der Waals surface area contributed by atoms with Gasteiger partial charge in [0.05, 0.1) is 11.1 Å². The molecule has 162 valence electrons. The maximum absolute atomic E-state index is 6.29. The van der Waals surface area contributed by atoms with Crippen LogP contribution in [0.5, 0.6) is 5.75 Å². The average Bonchev–Trinajstić information content (AvgIpc) is 3.35. The topological polar surface area (TPSA) is 16.4 Å². The van der Waals surface area contributed by atoms with Crippen LogP contribution in [-0.4, -0.2) is 7.05 Å². The van der Waals surface area contributed by atoms with Crippen LogP contribution in [0.25, 0.3) is 37.8 Å². The molecule has 3 nitrogen and oxygen atoms in total. The molecule has 0 N–H and O–H groups in total. The van der Waals surface area contributed by atoms with Crippen molar-refractivity contribution >= 4 is 54.9 Å². The largest absolute Gasteiger partial charge is 0.439 e. The number of anilines is 1. The quantitative estimate of drug-likeness (QED) is 0.271. The standard InChI is InChI=1S/C29H25N2OS/c1-4-19(17-26-30(2)28-22-11-7-5-9-20(22)13-15-24(28)32-26)18-27-31(3)29-23-12-8-6-10-21(23)14-16-25(29)33-27/h5-18H,4H2,1-3H3/q+1. The Labute approximate surface area is 197 Å².